The molecule has 0 saturated heterocycles. The van der Waals surface area contributed by atoms with Crippen LogP contribution in [0.25, 0.3) is 22.3 Å². The zero-order valence-corrected chi connectivity index (χ0v) is 46.1. The van der Waals surface area contributed by atoms with Gasteiger partial charge in [0.15, 0.2) is 0 Å². The highest BCUT2D eigenvalue weighted by Gasteiger charge is 2.37. The molecule has 0 radical (unpaired) electrons. The normalized spacial score (nSPS) is 12.8. The van der Waals surface area contributed by atoms with Crippen molar-refractivity contribution in [2.75, 3.05) is 0 Å². The molecule has 0 heterocycles. The zero-order chi connectivity index (χ0) is 48.4. The van der Waals surface area contributed by atoms with Crippen molar-refractivity contribution in [3.63, 3.8) is 0 Å². The lowest BCUT2D eigenvalue weighted by Crippen LogP contribution is -2.26. The fraction of sp³-hybridized carbons (Fsp3) is 0.705. The summed E-state index contributed by atoms with van der Waals surface area (Å²) >= 11 is 0. The molecule has 0 unspecified atom stereocenters. The maximum Gasteiger partial charge on any atom is 0.391 e. The van der Waals surface area contributed by atoms with E-state index in [1.165, 1.54) is 165 Å². The van der Waals surface area contributed by atoms with Crippen molar-refractivity contribution in [1.82, 2.24) is 0 Å². The quantitative estimate of drug-likeness (QED) is 0.0485. The Kier molecular flexibility index (Phi) is 23.8. The molecule has 3 aromatic carbocycles. The van der Waals surface area contributed by atoms with Crippen LogP contribution in [0.2, 0.25) is 0 Å². The van der Waals surface area contributed by atoms with Crippen LogP contribution < -0.4 is 4.52 Å². The molecular formula is C61H101O3P. The molecule has 3 nitrogen and oxygen atoms in total. The third kappa shape index (κ3) is 16.5. The van der Waals surface area contributed by atoms with E-state index in [9.17, 15) is 9.79 Å². The molecule has 2 N–H and O–H groups in total. The molecule has 0 aliphatic rings. The van der Waals surface area contributed by atoms with Crippen molar-refractivity contribution >= 4 is 8.60 Å². The highest BCUT2D eigenvalue weighted by Crippen LogP contribution is 2.54. The van der Waals surface area contributed by atoms with Crippen molar-refractivity contribution < 1.29 is 14.3 Å². The largest absolute Gasteiger partial charge is 0.427 e. The van der Waals surface area contributed by atoms with Gasteiger partial charge in [-0.05, 0) is 125 Å². The Bertz CT molecular complexity index is 1780. The minimum Gasteiger partial charge on any atom is -0.427 e. The second kappa shape index (κ2) is 27.1. The standard InChI is InChI=1S/C61H101O3P/c1-16-21-26-27-28-29-30-35-48-54(64-65(62)63)37-36-49(56-50(58(8,9)38-31-22-17-2)42-46(6)43-51(56)59(10,11)39-32-23-18-3)55(48)57-52(60(12,13)40-33-24-19-4)44-47(7)45-53(57)61(14,15)41-34-25-20-5/h36-37,42-45,62-63H,16-35,38-41H2,1-15H3. The minimum atomic E-state index is -2.62. The van der Waals surface area contributed by atoms with Crippen molar-refractivity contribution in [1.29, 1.82) is 0 Å². The monoisotopic (exact) mass is 913 g/mol. The zero-order valence-electron chi connectivity index (χ0n) is 45.2. The van der Waals surface area contributed by atoms with E-state index in [0.29, 0.717) is 5.75 Å². The topological polar surface area (TPSA) is 49.7 Å². The maximum absolute atomic E-state index is 10.8. The summed E-state index contributed by atoms with van der Waals surface area (Å²) < 4.78 is 6.26. The molecule has 3 rings (SSSR count). The summed E-state index contributed by atoms with van der Waals surface area (Å²) in [6.07, 6.45) is 28.3. The molecule has 0 atom stereocenters. The van der Waals surface area contributed by atoms with E-state index in [4.69, 9.17) is 4.52 Å². The van der Waals surface area contributed by atoms with Gasteiger partial charge in [-0.3, -0.25) is 0 Å². The van der Waals surface area contributed by atoms with E-state index in [1.807, 2.05) is 0 Å². The van der Waals surface area contributed by atoms with Crippen molar-refractivity contribution in [2.24, 2.45) is 0 Å². The van der Waals surface area contributed by atoms with Gasteiger partial charge in [0.1, 0.15) is 5.75 Å². The average molecular weight is 913 g/mol. The van der Waals surface area contributed by atoms with E-state index in [1.54, 1.807) is 0 Å². The second-order valence-corrected chi connectivity index (χ2v) is 23.7. The molecule has 4 heteroatoms. The van der Waals surface area contributed by atoms with Gasteiger partial charge >= 0.3 is 8.60 Å². The molecular weight excluding hydrogens is 812 g/mol. The molecule has 0 aromatic heterocycles. The second-order valence-electron chi connectivity index (χ2n) is 23.0. The van der Waals surface area contributed by atoms with Gasteiger partial charge in [-0.1, -0.05) is 247 Å². The molecule has 65 heavy (non-hydrogen) atoms. The third-order valence-corrected chi connectivity index (χ3v) is 15.5. The smallest absolute Gasteiger partial charge is 0.391 e. The van der Waals surface area contributed by atoms with Gasteiger partial charge in [0.2, 0.25) is 0 Å². The fourth-order valence-electron chi connectivity index (χ4n) is 10.9. The third-order valence-electron chi connectivity index (χ3n) is 15.1. The van der Waals surface area contributed by atoms with Gasteiger partial charge in [0, 0.05) is 5.56 Å². The first kappa shape index (κ1) is 57.1. The van der Waals surface area contributed by atoms with Crippen LogP contribution in [0, 0.1) is 13.8 Å². The molecule has 368 valence electrons. The Labute approximate surface area is 404 Å². The Morgan fingerprint density at radius 2 is 0.738 bits per heavy atom. The summed E-state index contributed by atoms with van der Waals surface area (Å²) in [6, 6.07) is 14.6. The van der Waals surface area contributed by atoms with E-state index in [0.717, 1.165) is 50.5 Å². The van der Waals surface area contributed by atoms with Crippen LogP contribution in [0.3, 0.4) is 0 Å². The fourth-order valence-corrected chi connectivity index (χ4v) is 11.2. The van der Waals surface area contributed by atoms with Gasteiger partial charge in [0.05, 0.1) is 0 Å². The highest BCUT2D eigenvalue weighted by atomic mass is 31.2. The summed E-state index contributed by atoms with van der Waals surface area (Å²) in [4.78, 5) is 21.5. The number of benzene rings is 3. The van der Waals surface area contributed by atoms with Crippen LogP contribution in [-0.4, -0.2) is 9.79 Å². The summed E-state index contributed by atoms with van der Waals surface area (Å²) in [5.41, 5.74) is 14.6. The number of hydrogen-bond donors (Lipinski definition) is 2. The highest BCUT2D eigenvalue weighted by molar-refractivity contribution is 7.39. The van der Waals surface area contributed by atoms with Crippen LogP contribution >= 0.6 is 8.60 Å². The average Bonchev–Trinajstić information content (AvgIpc) is 3.23. The van der Waals surface area contributed by atoms with Gasteiger partial charge in [-0.25, -0.2) is 0 Å². The van der Waals surface area contributed by atoms with Crippen molar-refractivity contribution in [3.8, 4) is 28.0 Å². The van der Waals surface area contributed by atoms with Gasteiger partial charge in [-0.15, -0.1) is 0 Å². The molecule has 0 saturated carbocycles. The van der Waals surface area contributed by atoms with Crippen LogP contribution in [-0.2, 0) is 28.1 Å². The van der Waals surface area contributed by atoms with Crippen LogP contribution in [0.1, 0.15) is 277 Å². The molecule has 0 bridgehead atoms. The van der Waals surface area contributed by atoms with E-state index in [-0.39, 0.29) is 21.7 Å². The SMILES string of the molecule is CCCCCCCCCc1c(OP(O)O)ccc(-c2c(C(C)(C)CCCCC)cc(C)cc2C(C)(C)CCCCC)c1-c1c(C(C)(C)CCCCC)cc(C)cc1C(C)(C)CCCCC. The van der Waals surface area contributed by atoms with E-state index in [2.05, 4.69) is 140 Å². The first-order valence-electron chi connectivity index (χ1n) is 27.1. The molecule has 0 spiro atoms. The Morgan fingerprint density at radius 1 is 0.415 bits per heavy atom. The summed E-state index contributed by atoms with van der Waals surface area (Å²) in [7, 11) is -2.62. The molecule has 0 aliphatic carbocycles. The van der Waals surface area contributed by atoms with Gasteiger partial charge < -0.3 is 14.3 Å². The van der Waals surface area contributed by atoms with Crippen LogP contribution in [0.5, 0.6) is 5.75 Å². The Hall–Kier alpha value is -2.19. The molecule has 0 aliphatic heterocycles. The summed E-state index contributed by atoms with van der Waals surface area (Å²) in [6.45, 7) is 36.2. The lowest BCUT2D eigenvalue weighted by molar-refractivity contribution is 0.373. The minimum absolute atomic E-state index is 0.0713. The van der Waals surface area contributed by atoms with Crippen LogP contribution in [0.4, 0.5) is 0 Å². The summed E-state index contributed by atoms with van der Waals surface area (Å²) in [5, 5.41) is 0. The van der Waals surface area contributed by atoms with Crippen molar-refractivity contribution in [2.45, 2.75) is 280 Å². The van der Waals surface area contributed by atoms with Crippen molar-refractivity contribution in [3.05, 3.63) is 75.3 Å². The molecule has 0 amide bonds. The maximum atomic E-state index is 10.8. The lowest BCUT2D eigenvalue weighted by atomic mass is 9.65. The van der Waals surface area contributed by atoms with Gasteiger partial charge in [-0.2, -0.15) is 0 Å². The molecule has 0 fully saturated rings. The van der Waals surface area contributed by atoms with Gasteiger partial charge in [0.25, 0.3) is 0 Å². The number of aryl methyl sites for hydroxylation is 2. The lowest BCUT2D eigenvalue weighted by Gasteiger charge is -2.39. The van der Waals surface area contributed by atoms with Crippen LogP contribution in [0.15, 0.2) is 36.4 Å². The summed E-state index contributed by atoms with van der Waals surface area (Å²) in [5.74, 6) is 0.635. The van der Waals surface area contributed by atoms with E-state index >= 15 is 0 Å². The Balaban J connectivity index is 2.79. The predicted octanol–water partition coefficient (Wildman–Crippen LogP) is 20.0. The molecule has 3 aromatic rings. The first-order chi connectivity index (χ1) is 30.7. The predicted molar refractivity (Wildman–Crippen MR) is 289 cm³/mol. The first-order valence-corrected chi connectivity index (χ1v) is 28.2. The number of hydrogen-bond acceptors (Lipinski definition) is 3. The Morgan fingerprint density at radius 3 is 1.09 bits per heavy atom. The number of unbranched alkanes of at least 4 members (excludes halogenated alkanes) is 14. The number of rotatable bonds is 32. The van der Waals surface area contributed by atoms with E-state index < -0.39 is 8.60 Å².